The Hall–Kier alpha value is -3.79. The molecule has 0 unspecified atom stereocenters. The van der Waals surface area contributed by atoms with E-state index in [9.17, 15) is 4.79 Å². The lowest BCUT2D eigenvalue weighted by Gasteiger charge is -2.26. The molecule has 1 aliphatic heterocycles. The van der Waals surface area contributed by atoms with Crippen molar-refractivity contribution in [1.29, 1.82) is 0 Å². The van der Waals surface area contributed by atoms with E-state index in [4.69, 9.17) is 14.5 Å². The number of rotatable bonds is 11. The average molecular weight is 557 g/mol. The summed E-state index contributed by atoms with van der Waals surface area (Å²) in [5.74, 6) is 0.559. The van der Waals surface area contributed by atoms with Crippen LogP contribution in [0.5, 0.6) is 5.75 Å². The number of nitrogens with zero attached hydrogens (tertiary/aromatic N) is 5. The van der Waals surface area contributed by atoms with Crippen LogP contribution in [0.4, 0.5) is 0 Å². The Morgan fingerprint density at radius 3 is 2.73 bits per heavy atom. The number of aromatic nitrogens is 3. The van der Waals surface area contributed by atoms with E-state index in [2.05, 4.69) is 38.5 Å². The summed E-state index contributed by atoms with van der Waals surface area (Å²) in [6.07, 6.45) is 3.92. The molecule has 1 aliphatic rings. The second-order valence-electron chi connectivity index (χ2n) is 10.9. The van der Waals surface area contributed by atoms with Gasteiger partial charge in [0.15, 0.2) is 0 Å². The molecule has 0 spiro atoms. The van der Waals surface area contributed by atoms with Crippen molar-refractivity contribution in [3.8, 4) is 17.0 Å². The predicted molar refractivity (Wildman–Crippen MR) is 161 cm³/mol. The second-order valence-corrected chi connectivity index (χ2v) is 10.9. The number of aryl methyl sites for hydroxylation is 1. The maximum atomic E-state index is 13.5. The first-order valence-electron chi connectivity index (χ1n) is 14.3. The highest BCUT2D eigenvalue weighted by Crippen LogP contribution is 2.29. The van der Waals surface area contributed by atoms with Crippen molar-refractivity contribution in [1.82, 2.24) is 29.9 Å². The van der Waals surface area contributed by atoms with Gasteiger partial charge in [0.05, 0.1) is 43.2 Å². The zero-order valence-corrected chi connectivity index (χ0v) is 24.5. The van der Waals surface area contributed by atoms with Gasteiger partial charge < -0.3 is 19.7 Å². The van der Waals surface area contributed by atoms with Crippen LogP contribution in [-0.4, -0.2) is 90.6 Å². The van der Waals surface area contributed by atoms with Gasteiger partial charge >= 0.3 is 0 Å². The van der Waals surface area contributed by atoms with Crippen LogP contribution >= 0.6 is 0 Å². The van der Waals surface area contributed by atoms with E-state index in [0.29, 0.717) is 17.9 Å². The van der Waals surface area contributed by atoms with Crippen LogP contribution in [0, 0.1) is 6.92 Å². The van der Waals surface area contributed by atoms with Gasteiger partial charge in [-0.05, 0) is 63.3 Å². The van der Waals surface area contributed by atoms with Crippen molar-refractivity contribution in [3.63, 3.8) is 0 Å². The number of fused-ring (bicyclic) bond motifs is 1. The Morgan fingerprint density at radius 1 is 1.12 bits per heavy atom. The minimum atomic E-state index is -0.247. The van der Waals surface area contributed by atoms with Gasteiger partial charge in [0.1, 0.15) is 12.4 Å². The van der Waals surface area contributed by atoms with E-state index in [1.165, 1.54) is 0 Å². The number of pyridine rings is 1. The molecule has 4 aromatic rings. The van der Waals surface area contributed by atoms with Crippen LogP contribution in [0.2, 0.25) is 0 Å². The fraction of sp³-hybridized carbons (Fsp3) is 0.406. The van der Waals surface area contributed by atoms with Crippen LogP contribution < -0.4 is 10.1 Å². The van der Waals surface area contributed by atoms with Gasteiger partial charge in [-0.15, -0.1) is 0 Å². The molecule has 0 radical (unpaired) electrons. The summed E-state index contributed by atoms with van der Waals surface area (Å²) < 4.78 is 13.3. The van der Waals surface area contributed by atoms with E-state index in [1.807, 2.05) is 75.2 Å². The zero-order valence-electron chi connectivity index (χ0n) is 24.5. The van der Waals surface area contributed by atoms with Crippen LogP contribution in [0.15, 0.2) is 60.9 Å². The number of morpholine rings is 1. The Kier molecular flexibility index (Phi) is 9.28. The molecule has 1 fully saturated rings. The van der Waals surface area contributed by atoms with E-state index < -0.39 is 0 Å². The normalized spacial score (nSPS) is 14.9. The Balaban J connectivity index is 1.34. The molecule has 3 heterocycles. The van der Waals surface area contributed by atoms with E-state index in [1.54, 1.807) is 0 Å². The first-order valence-corrected chi connectivity index (χ1v) is 14.3. The molecule has 0 bridgehead atoms. The average Bonchev–Trinajstić information content (AvgIpc) is 3.46. The summed E-state index contributed by atoms with van der Waals surface area (Å²) >= 11 is 0. The van der Waals surface area contributed by atoms with Gasteiger partial charge in [-0.25, -0.2) is 4.98 Å². The number of carbonyl (C=O) groups excluding carboxylic acids is 1. The Labute approximate surface area is 242 Å². The van der Waals surface area contributed by atoms with Crippen LogP contribution in [0.25, 0.3) is 22.2 Å². The molecule has 9 heteroatoms. The molecule has 0 aliphatic carbocycles. The van der Waals surface area contributed by atoms with Crippen molar-refractivity contribution in [2.75, 3.05) is 60.1 Å². The van der Waals surface area contributed by atoms with Gasteiger partial charge in [0.25, 0.3) is 5.91 Å². The standard InChI is InChI=1S/C32H40N6O3/c1-23-9-10-26(41-18-13-36(3)4)19-28(23)32(39)34-24(2)29-20-31(35-30-8-6-5-7-27(29)30)25-21-33-38(22-25)12-11-37-14-16-40-17-15-37/h5-10,19-22,24H,11-18H2,1-4H3,(H,34,39)/t24-/m1/s1. The molecule has 9 nitrogen and oxygen atoms in total. The number of para-hydroxylation sites is 1. The van der Waals surface area contributed by atoms with Crippen molar-refractivity contribution in [2.45, 2.75) is 26.4 Å². The van der Waals surface area contributed by atoms with Crippen molar-refractivity contribution < 1.29 is 14.3 Å². The SMILES string of the molecule is Cc1ccc(OCCN(C)C)cc1C(=O)N[C@H](C)c1cc(-c2cnn(CCN3CCOCC3)c2)nc2ccccc12. The third-order valence-electron chi connectivity index (χ3n) is 7.50. The van der Waals surface area contributed by atoms with Gasteiger partial charge in [-0.1, -0.05) is 24.3 Å². The highest BCUT2D eigenvalue weighted by atomic mass is 16.5. The molecule has 1 saturated heterocycles. The van der Waals surface area contributed by atoms with E-state index in [-0.39, 0.29) is 11.9 Å². The fourth-order valence-corrected chi connectivity index (χ4v) is 5.03. The Morgan fingerprint density at radius 2 is 1.93 bits per heavy atom. The minimum absolute atomic E-state index is 0.133. The minimum Gasteiger partial charge on any atom is -0.492 e. The highest BCUT2D eigenvalue weighted by Gasteiger charge is 2.19. The third kappa shape index (κ3) is 7.30. The molecular weight excluding hydrogens is 516 g/mol. The molecule has 1 amide bonds. The number of hydrogen-bond donors (Lipinski definition) is 1. The molecule has 1 atom stereocenters. The molecule has 216 valence electrons. The highest BCUT2D eigenvalue weighted by molar-refractivity contribution is 5.96. The maximum Gasteiger partial charge on any atom is 0.252 e. The van der Waals surface area contributed by atoms with Gasteiger partial charge in [-0.2, -0.15) is 5.10 Å². The summed E-state index contributed by atoms with van der Waals surface area (Å²) in [6, 6.07) is 15.6. The number of benzene rings is 2. The number of ether oxygens (including phenoxy) is 2. The lowest BCUT2D eigenvalue weighted by molar-refractivity contribution is 0.0360. The summed E-state index contributed by atoms with van der Waals surface area (Å²) in [7, 11) is 4.01. The summed E-state index contributed by atoms with van der Waals surface area (Å²) in [4.78, 5) is 22.9. The molecule has 0 saturated carbocycles. The van der Waals surface area contributed by atoms with Crippen LogP contribution in [-0.2, 0) is 11.3 Å². The molecule has 2 aromatic carbocycles. The zero-order chi connectivity index (χ0) is 28.8. The number of likely N-dealkylation sites (N-methyl/N-ethyl adjacent to an activating group) is 1. The van der Waals surface area contributed by atoms with Gasteiger partial charge in [-0.3, -0.25) is 14.4 Å². The van der Waals surface area contributed by atoms with Crippen molar-refractivity contribution >= 4 is 16.8 Å². The predicted octanol–water partition coefficient (Wildman–Crippen LogP) is 4.17. The van der Waals surface area contributed by atoms with E-state index in [0.717, 1.165) is 79.2 Å². The number of hydrogen-bond acceptors (Lipinski definition) is 7. The monoisotopic (exact) mass is 556 g/mol. The number of carbonyl (C=O) groups is 1. The second kappa shape index (κ2) is 13.2. The Bertz CT molecular complexity index is 1480. The smallest absolute Gasteiger partial charge is 0.252 e. The molecular formula is C32H40N6O3. The largest absolute Gasteiger partial charge is 0.492 e. The lowest BCUT2D eigenvalue weighted by atomic mass is 9.99. The lowest BCUT2D eigenvalue weighted by Crippen LogP contribution is -2.38. The summed E-state index contributed by atoms with van der Waals surface area (Å²) in [5.41, 5.74) is 5.20. The first-order chi connectivity index (χ1) is 19.9. The summed E-state index contributed by atoms with van der Waals surface area (Å²) in [5, 5.41) is 8.84. The first kappa shape index (κ1) is 28.7. The van der Waals surface area contributed by atoms with Gasteiger partial charge in [0.2, 0.25) is 0 Å². The quantitative estimate of drug-likeness (QED) is 0.297. The molecule has 2 aromatic heterocycles. The van der Waals surface area contributed by atoms with Gasteiger partial charge in [0, 0.05) is 48.9 Å². The maximum absolute atomic E-state index is 13.5. The third-order valence-corrected chi connectivity index (χ3v) is 7.50. The summed E-state index contributed by atoms with van der Waals surface area (Å²) in [6.45, 7) is 10.6. The van der Waals surface area contributed by atoms with Crippen molar-refractivity contribution in [2.24, 2.45) is 0 Å². The fourth-order valence-electron chi connectivity index (χ4n) is 5.03. The number of nitrogens with one attached hydrogen (secondary N) is 1. The van der Waals surface area contributed by atoms with Crippen molar-refractivity contribution in [3.05, 3.63) is 77.6 Å². The molecule has 5 rings (SSSR count). The molecule has 1 N–H and O–H groups in total. The van der Waals surface area contributed by atoms with Crippen LogP contribution in [0.1, 0.15) is 34.5 Å². The number of amides is 1. The van der Waals surface area contributed by atoms with E-state index >= 15 is 0 Å². The van der Waals surface area contributed by atoms with Crippen LogP contribution in [0.3, 0.4) is 0 Å². The molecule has 41 heavy (non-hydrogen) atoms. The topological polar surface area (TPSA) is 84.8 Å².